The summed E-state index contributed by atoms with van der Waals surface area (Å²) in [6.45, 7) is 0. The molecule has 0 bridgehead atoms. The first-order valence-corrected chi connectivity index (χ1v) is 8.92. The van der Waals surface area contributed by atoms with Gasteiger partial charge < -0.3 is 0 Å². The van der Waals surface area contributed by atoms with E-state index in [1.165, 1.54) is 6.33 Å². The van der Waals surface area contributed by atoms with E-state index in [-0.39, 0.29) is 6.04 Å². The molecule has 3 aromatic carbocycles. The fourth-order valence-electron chi connectivity index (χ4n) is 3.02. The van der Waals surface area contributed by atoms with Gasteiger partial charge in [0, 0.05) is 10.0 Å². The van der Waals surface area contributed by atoms with Crippen LogP contribution in [0.15, 0.2) is 85.5 Å². The molecule has 0 aliphatic rings. The summed E-state index contributed by atoms with van der Waals surface area (Å²) in [4.78, 5) is 4.09. The molecule has 4 aromatic rings. The zero-order valence-corrected chi connectivity index (χ0v) is 15.3. The topological polar surface area (TPSA) is 30.7 Å². The number of hydrogen-bond acceptors (Lipinski definition) is 2. The van der Waals surface area contributed by atoms with E-state index in [1.807, 2.05) is 53.2 Å². The largest absolute Gasteiger partial charge is 0.241 e. The lowest BCUT2D eigenvalue weighted by atomic mass is 9.96. The summed E-state index contributed by atoms with van der Waals surface area (Å²) in [7, 11) is 0. The lowest BCUT2D eigenvalue weighted by Crippen LogP contribution is -2.13. The SMILES string of the molecule is Clc1ccc(-c2ccc(C(c3ccccc3Cl)n3cncn3)cc2)cc1. The molecular weight excluding hydrogens is 365 g/mol. The van der Waals surface area contributed by atoms with Crippen LogP contribution in [0.2, 0.25) is 10.0 Å². The molecule has 0 saturated carbocycles. The van der Waals surface area contributed by atoms with Crippen LogP contribution in [0.4, 0.5) is 0 Å². The number of rotatable bonds is 4. The fourth-order valence-corrected chi connectivity index (χ4v) is 3.39. The van der Waals surface area contributed by atoms with Crippen LogP contribution >= 0.6 is 23.2 Å². The monoisotopic (exact) mass is 379 g/mol. The molecule has 0 fully saturated rings. The third-order valence-electron chi connectivity index (χ3n) is 4.30. The molecule has 0 saturated heterocycles. The summed E-state index contributed by atoms with van der Waals surface area (Å²) in [6.07, 6.45) is 3.24. The van der Waals surface area contributed by atoms with Crippen LogP contribution in [0.3, 0.4) is 0 Å². The van der Waals surface area contributed by atoms with E-state index in [0.717, 1.165) is 27.3 Å². The van der Waals surface area contributed by atoms with Gasteiger partial charge in [0.1, 0.15) is 18.7 Å². The maximum atomic E-state index is 6.45. The van der Waals surface area contributed by atoms with Crippen molar-refractivity contribution in [1.82, 2.24) is 14.8 Å². The van der Waals surface area contributed by atoms with Gasteiger partial charge in [0.15, 0.2) is 0 Å². The van der Waals surface area contributed by atoms with Crippen molar-refractivity contribution < 1.29 is 0 Å². The van der Waals surface area contributed by atoms with Gasteiger partial charge in [-0.2, -0.15) is 5.10 Å². The predicted molar refractivity (Wildman–Crippen MR) is 106 cm³/mol. The van der Waals surface area contributed by atoms with E-state index in [2.05, 4.69) is 34.3 Å². The Morgan fingerprint density at radius 2 is 1.42 bits per heavy atom. The van der Waals surface area contributed by atoms with E-state index >= 15 is 0 Å². The molecule has 0 N–H and O–H groups in total. The molecular formula is C21H15Cl2N3. The Bertz CT molecular complexity index is 994. The van der Waals surface area contributed by atoms with E-state index in [0.29, 0.717) is 5.02 Å². The molecule has 5 heteroatoms. The van der Waals surface area contributed by atoms with Crippen LogP contribution < -0.4 is 0 Å². The second kappa shape index (κ2) is 7.32. The van der Waals surface area contributed by atoms with Crippen LogP contribution in [0.25, 0.3) is 11.1 Å². The number of hydrogen-bond donors (Lipinski definition) is 0. The molecule has 0 aliphatic heterocycles. The Morgan fingerprint density at radius 3 is 2.04 bits per heavy atom. The van der Waals surface area contributed by atoms with Crippen molar-refractivity contribution in [3.63, 3.8) is 0 Å². The number of halogens is 2. The van der Waals surface area contributed by atoms with Gasteiger partial charge in [0.25, 0.3) is 0 Å². The molecule has 1 atom stereocenters. The van der Waals surface area contributed by atoms with E-state index < -0.39 is 0 Å². The lowest BCUT2D eigenvalue weighted by Gasteiger charge is -2.19. The van der Waals surface area contributed by atoms with Crippen LogP contribution in [0, 0.1) is 0 Å². The van der Waals surface area contributed by atoms with Gasteiger partial charge >= 0.3 is 0 Å². The Balaban J connectivity index is 1.75. The summed E-state index contributed by atoms with van der Waals surface area (Å²) in [5, 5.41) is 5.77. The smallest absolute Gasteiger partial charge is 0.137 e. The number of aromatic nitrogens is 3. The number of nitrogens with zero attached hydrogens (tertiary/aromatic N) is 3. The maximum absolute atomic E-state index is 6.45. The summed E-state index contributed by atoms with van der Waals surface area (Å²) in [5.41, 5.74) is 4.32. The normalized spacial score (nSPS) is 12.1. The quantitative estimate of drug-likeness (QED) is 0.442. The van der Waals surface area contributed by atoms with Gasteiger partial charge in [-0.3, -0.25) is 0 Å². The Hall–Kier alpha value is -2.62. The minimum atomic E-state index is -0.134. The highest BCUT2D eigenvalue weighted by Gasteiger charge is 2.19. The summed E-state index contributed by atoms with van der Waals surface area (Å²) >= 11 is 12.4. The molecule has 128 valence electrons. The molecule has 0 aliphatic carbocycles. The average molecular weight is 380 g/mol. The van der Waals surface area contributed by atoms with Crippen molar-refractivity contribution >= 4 is 23.2 Å². The average Bonchev–Trinajstić information content (AvgIpc) is 3.19. The number of benzene rings is 3. The first-order chi connectivity index (χ1) is 12.7. The fraction of sp³-hybridized carbons (Fsp3) is 0.0476. The van der Waals surface area contributed by atoms with Crippen LogP contribution in [0.1, 0.15) is 17.2 Å². The maximum Gasteiger partial charge on any atom is 0.137 e. The van der Waals surface area contributed by atoms with Crippen molar-refractivity contribution in [1.29, 1.82) is 0 Å². The predicted octanol–water partition coefficient (Wildman–Crippen LogP) is 5.89. The van der Waals surface area contributed by atoms with Gasteiger partial charge in [0.05, 0.1) is 0 Å². The third-order valence-corrected chi connectivity index (χ3v) is 4.90. The molecule has 1 unspecified atom stereocenters. The van der Waals surface area contributed by atoms with E-state index in [9.17, 15) is 0 Å². The second-order valence-corrected chi connectivity index (χ2v) is 6.77. The Kier molecular flexibility index (Phi) is 4.74. The van der Waals surface area contributed by atoms with Crippen LogP contribution in [-0.4, -0.2) is 14.8 Å². The summed E-state index contributed by atoms with van der Waals surface area (Å²) < 4.78 is 1.82. The molecule has 26 heavy (non-hydrogen) atoms. The van der Waals surface area contributed by atoms with Crippen molar-refractivity contribution in [2.45, 2.75) is 6.04 Å². The summed E-state index contributed by atoms with van der Waals surface area (Å²) in [5.74, 6) is 0. The van der Waals surface area contributed by atoms with Gasteiger partial charge in [-0.1, -0.05) is 77.8 Å². The highest BCUT2D eigenvalue weighted by molar-refractivity contribution is 6.31. The van der Waals surface area contributed by atoms with Crippen LogP contribution in [-0.2, 0) is 0 Å². The molecule has 1 heterocycles. The van der Waals surface area contributed by atoms with Crippen molar-refractivity contribution in [2.75, 3.05) is 0 Å². The zero-order chi connectivity index (χ0) is 17.9. The van der Waals surface area contributed by atoms with E-state index in [1.54, 1.807) is 6.33 Å². The molecule has 4 rings (SSSR count). The Labute approximate surface area is 161 Å². The van der Waals surface area contributed by atoms with Crippen molar-refractivity contribution in [2.24, 2.45) is 0 Å². The second-order valence-electron chi connectivity index (χ2n) is 5.93. The highest BCUT2D eigenvalue weighted by Crippen LogP contribution is 2.32. The standard InChI is InChI=1S/C21H15Cl2N3/c22-18-11-9-16(10-12-18)15-5-7-17(8-6-15)21(26-14-24-13-25-26)19-3-1-2-4-20(19)23/h1-14,21H. The Morgan fingerprint density at radius 1 is 0.769 bits per heavy atom. The molecule has 0 spiro atoms. The van der Waals surface area contributed by atoms with Gasteiger partial charge in [-0.15, -0.1) is 0 Å². The molecule has 0 amide bonds. The third kappa shape index (κ3) is 3.36. The minimum absolute atomic E-state index is 0.134. The zero-order valence-electron chi connectivity index (χ0n) is 13.8. The summed E-state index contributed by atoms with van der Waals surface area (Å²) in [6, 6.07) is 23.9. The minimum Gasteiger partial charge on any atom is -0.241 e. The van der Waals surface area contributed by atoms with Crippen molar-refractivity contribution in [3.05, 3.63) is 107 Å². The van der Waals surface area contributed by atoms with Gasteiger partial charge in [-0.05, 0) is 40.5 Å². The van der Waals surface area contributed by atoms with Gasteiger partial charge in [0.2, 0.25) is 0 Å². The first kappa shape index (κ1) is 16.8. The highest BCUT2D eigenvalue weighted by atomic mass is 35.5. The van der Waals surface area contributed by atoms with Crippen molar-refractivity contribution in [3.8, 4) is 11.1 Å². The molecule has 3 nitrogen and oxygen atoms in total. The van der Waals surface area contributed by atoms with Crippen LogP contribution in [0.5, 0.6) is 0 Å². The molecule has 1 aromatic heterocycles. The lowest BCUT2D eigenvalue weighted by molar-refractivity contribution is 0.594. The molecule has 0 radical (unpaired) electrons. The van der Waals surface area contributed by atoms with Gasteiger partial charge in [-0.25, -0.2) is 9.67 Å². The van der Waals surface area contributed by atoms with E-state index in [4.69, 9.17) is 23.2 Å². The first-order valence-electron chi connectivity index (χ1n) is 8.17.